The molecular formula is C19H20F2N6. The van der Waals surface area contributed by atoms with E-state index in [1.807, 2.05) is 0 Å². The number of nitrogens with one attached hydrogen (secondary N) is 1. The summed E-state index contributed by atoms with van der Waals surface area (Å²) < 4.78 is 27.2. The van der Waals surface area contributed by atoms with Crippen molar-refractivity contribution in [1.29, 1.82) is 0 Å². The van der Waals surface area contributed by atoms with Crippen molar-refractivity contribution < 1.29 is 8.78 Å². The minimum atomic E-state index is -0.673. The lowest BCUT2D eigenvalue weighted by Crippen LogP contribution is -2.37. The molecule has 2 aromatic heterocycles. The molecule has 0 saturated carbocycles. The highest BCUT2D eigenvalue weighted by atomic mass is 19.1. The van der Waals surface area contributed by atoms with E-state index in [0.717, 1.165) is 32.0 Å². The minimum absolute atomic E-state index is 0.209. The summed E-state index contributed by atoms with van der Waals surface area (Å²) in [6.07, 6.45) is 1.98. The number of piperidine rings is 1. The highest BCUT2D eigenvalue weighted by molar-refractivity contribution is 5.88. The number of halogens is 2. The van der Waals surface area contributed by atoms with Crippen molar-refractivity contribution in [3.05, 3.63) is 42.0 Å². The zero-order valence-corrected chi connectivity index (χ0v) is 14.9. The SMILES string of the molecule is CN1CCC(Nc2nc(N)c3ccc(-c4ccc(F)cc4F)nc3n2)CC1. The van der Waals surface area contributed by atoms with Crippen LogP contribution >= 0.6 is 0 Å². The first-order valence-corrected chi connectivity index (χ1v) is 8.84. The fourth-order valence-corrected chi connectivity index (χ4v) is 3.28. The van der Waals surface area contributed by atoms with Crippen molar-refractivity contribution in [2.75, 3.05) is 31.2 Å². The van der Waals surface area contributed by atoms with Crippen LogP contribution in [0.3, 0.4) is 0 Å². The second-order valence-electron chi connectivity index (χ2n) is 6.85. The maximum absolute atomic E-state index is 14.1. The maximum Gasteiger partial charge on any atom is 0.226 e. The van der Waals surface area contributed by atoms with Gasteiger partial charge in [0, 0.05) is 17.7 Å². The highest BCUT2D eigenvalue weighted by Gasteiger charge is 2.18. The third-order valence-corrected chi connectivity index (χ3v) is 4.85. The average molecular weight is 370 g/mol. The van der Waals surface area contributed by atoms with Crippen molar-refractivity contribution in [3.8, 4) is 11.3 Å². The molecule has 1 fully saturated rings. The summed E-state index contributed by atoms with van der Waals surface area (Å²) in [6, 6.07) is 7.00. The summed E-state index contributed by atoms with van der Waals surface area (Å²) in [4.78, 5) is 15.5. The third kappa shape index (κ3) is 3.66. The molecule has 0 atom stereocenters. The number of nitrogen functional groups attached to an aromatic ring is 1. The van der Waals surface area contributed by atoms with Crippen LogP contribution in [0.2, 0.25) is 0 Å². The van der Waals surface area contributed by atoms with Crippen LogP contribution < -0.4 is 11.1 Å². The lowest BCUT2D eigenvalue weighted by atomic mass is 10.1. The Kier molecular flexibility index (Phi) is 4.57. The third-order valence-electron chi connectivity index (χ3n) is 4.85. The van der Waals surface area contributed by atoms with Gasteiger partial charge in [0.1, 0.15) is 17.5 Å². The van der Waals surface area contributed by atoms with Crippen LogP contribution in [-0.2, 0) is 0 Å². The number of nitrogens with two attached hydrogens (primary N) is 1. The summed E-state index contributed by atoms with van der Waals surface area (Å²) in [5.41, 5.74) is 7.01. The van der Waals surface area contributed by atoms with Crippen molar-refractivity contribution in [3.63, 3.8) is 0 Å². The Bertz CT molecular complexity index is 985. The van der Waals surface area contributed by atoms with Gasteiger partial charge in [-0.25, -0.2) is 13.8 Å². The number of pyridine rings is 1. The van der Waals surface area contributed by atoms with E-state index in [4.69, 9.17) is 5.73 Å². The Balaban J connectivity index is 1.67. The Morgan fingerprint density at radius 1 is 1.07 bits per heavy atom. The fraction of sp³-hybridized carbons (Fsp3) is 0.316. The zero-order valence-electron chi connectivity index (χ0n) is 14.9. The highest BCUT2D eigenvalue weighted by Crippen LogP contribution is 2.26. The molecule has 8 heteroatoms. The van der Waals surface area contributed by atoms with Crippen LogP contribution in [0.5, 0.6) is 0 Å². The van der Waals surface area contributed by atoms with Gasteiger partial charge in [-0.3, -0.25) is 0 Å². The van der Waals surface area contributed by atoms with Crippen molar-refractivity contribution in [2.45, 2.75) is 18.9 Å². The van der Waals surface area contributed by atoms with Crippen molar-refractivity contribution >= 4 is 22.8 Å². The van der Waals surface area contributed by atoms with E-state index in [1.165, 1.54) is 12.1 Å². The molecule has 0 aliphatic carbocycles. The number of fused-ring (bicyclic) bond motifs is 1. The van der Waals surface area contributed by atoms with Gasteiger partial charge in [0.2, 0.25) is 5.95 Å². The van der Waals surface area contributed by atoms with Gasteiger partial charge in [0.15, 0.2) is 5.65 Å². The van der Waals surface area contributed by atoms with E-state index in [1.54, 1.807) is 12.1 Å². The molecule has 0 unspecified atom stereocenters. The van der Waals surface area contributed by atoms with E-state index in [-0.39, 0.29) is 11.6 Å². The van der Waals surface area contributed by atoms with Gasteiger partial charge < -0.3 is 16.0 Å². The molecular weight excluding hydrogens is 350 g/mol. The maximum atomic E-state index is 14.1. The number of benzene rings is 1. The number of hydrogen-bond acceptors (Lipinski definition) is 6. The Hall–Kier alpha value is -2.87. The Labute approximate surface area is 155 Å². The summed E-state index contributed by atoms with van der Waals surface area (Å²) in [6.45, 7) is 2.01. The number of anilines is 2. The van der Waals surface area contributed by atoms with Gasteiger partial charge in [-0.05, 0) is 57.2 Å². The lowest BCUT2D eigenvalue weighted by Gasteiger charge is -2.29. The zero-order chi connectivity index (χ0) is 19.0. The first-order valence-electron chi connectivity index (χ1n) is 8.84. The second kappa shape index (κ2) is 7.03. The van der Waals surface area contributed by atoms with Gasteiger partial charge in [0.25, 0.3) is 0 Å². The molecule has 1 aromatic carbocycles. The average Bonchev–Trinajstić information content (AvgIpc) is 2.63. The number of nitrogens with zero attached hydrogens (tertiary/aromatic N) is 4. The molecule has 0 bridgehead atoms. The van der Waals surface area contributed by atoms with Crippen molar-refractivity contribution in [2.24, 2.45) is 0 Å². The molecule has 27 heavy (non-hydrogen) atoms. The van der Waals surface area contributed by atoms with E-state index in [9.17, 15) is 8.78 Å². The topological polar surface area (TPSA) is 80.0 Å². The van der Waals surface area contributed by atoms with E-state index < -0.39 is 11.6 Å². The Morgan fingerprint density at radius 2 is 1.85 bits per heavy atom. The van der Waals surface area contributed by atoms with Gasteiger partial charge in [0.05, 0.1) is 11.1 Å². The predicted octanol–water partition coefficient (Wildman–Crippen LogP) is 3.06. The van der Waals surface area contributed by atoms with Gasteiger partial charge in [-0.15, -0.1) is 0 Å². The molecule has 0 spiro atoms. The number of hydrogen-bond donors (Lipinski definition) is 2. The molecule has 0 radical (unpaired) electrons. The summed E-state index contributed by atoms with van der Waals surface area (Å²) in [5.74, 6) is -0.574. The molecule has 3 aromatic rings. The molecule has 6 nitrogen and oxygen atoms in total. The molecule has 1 aliphatic heterocycles. The molecule has 0 amide bonds. The first-order chi connectivity index (χ1) is 13.0. The lowest BCUT2D eigenvalue weighted by molar-refractivity contribution is 0.263. The molecule has 3 N–H and O–H groups in total. The largest absolute Gasteiger partial charge is 0.383 e. The number of likely N-dealkylation sites (tertiary alicyclic amines) is 1. The van der Waals surface area contributed by atoms with Crippen LogP contribution in [0.1, 0.15) is 12.8 Å². The number of aromatic nitrogens is 3. The minimum Gasteiger partial charge on any atom is -0.383 e. The summed E-state index contributed by atoms with van der Waals surface area (Å²) >= 11 is 0. The van der Waals surface area contributed by atoms with Crippen molar-refractivity contribution in [1.82, 2.24) is 19.9 Å². The van der Waals surface area contributed by atoms with Gasteiger partial charge >= 0.3 is 0 Å². The molecule has 1 saturated heterocycles. The van der Waals surface area contributed by atoms with Crippen LogP contribution in [0.4, 0.5) is 20.5 Å². The summed E-state index contributed by atoms with van der Waals surface area (Å²) in [5, 5.41) is 3.91. The normalized spacial score (nSPS) is 16.0. The molecule has 4 rings (SSSR count). The summed E-state index contributed by atoms with van der Waals surface area (Å²) in [7, 11) is 2.10. The predicted molar refractivity (Wildman–Crippen MR) is 101 cm³/mol. The smallest absolute Gasteiger partial charge is 0.226 e. The van der Waals surface area contributed by atoms with Crippen LogP contribution in [0.25, 0.3) is 22.3 Å². The standard InChI is InChI=1S/C19H20F2N6/c1-27-8-6-12(7-9-27)23-19-25-17(22)14-4-5-16(24-18(14)26-19)13-3-2-11(20)10-15(13)21/h2-5,10,12H,6-9H2,1H3,(H3,22,23,24,25,26). The van der Waals surface area contributed by atoms with Crippen LogP contribution in [0, 0.1) is 11.6 Å². The second-order valence-corrected chi connectivity index (χ2v) is 6.85. The van der Waals surface area contributed by atoms with Gasteiger partial charge in [-0.2, -0.15) is 9.97 Å². The monoisotopic (exact) mass is 370 g/mol. The quantitative estimate of drug-likeness (QED) is 0.738. The van der Waals surface area contributed by atoms with Crippen LogP contribution in [0.15, 0.2) is 30.3 Å². The first kappa shape index (κ1) is 17.5. The van der Waals surface area contributed by atoms with Crippen LogP contribution in [-0.4, -0.2) is 46.0 Å². The molecule has 140 valence electrons. The Morgan fingerprint density at radius 3 is 2.59 bits per heavy atom. The molecule has 3 heterocycles. The van der Waals surface area contributed by atoms with Gasteiger partial charge in [-0.1, -0.05) is 0 Å². The van der Waals surface area contributed by atoms with E-state index >= 15 is 0 Å². The van der Waals surface area contributed by atoms with E-state index in [2.05, 4.69) is 32.2 Å². The van der Waals surface area contributed by atoms with E-state index in [0.29, 0.717) is 28.5 Å². The number of rotatable bonds is 3. The molecule has 1 aliphatic rings. The fourth-order valence-electron chi connectivity index (χ4n) is 3.28.